The molecule has 0 bridgehead atoms. The molecule has 3 aromatic carbocycles. The van der Waals surface area contributed by atoms with Crippen molar-refractivity contribution in [1.82, 2.24) is 0 Å². The van der Waals surface area contributed by atoms with Gasteiger partial charge in [-0.1, -0.05) is 51.1 Å². The molecular formula is C31H33NO6. The highest BCUT2D eigenvalue weighted by atomic mass is 16.5. The lowest BCUT2D eigenvalue weighted by Crippen LogP contribution is -2.29. The molecule has 0 saturated carbocycles. The molecule has 1 heterocycles. The number of ether oxygens (including phenoxy) is 3. The first-order valence-corrected chi connectivity index (χ1v) is 12.5. The third kappa shape index (κ3) is 4.96. The van der Waals surface area contributed by atoms with Crippen LogP contribution in [0.5, 0.6) is 17.2 Å². The molecule has 0 spiro atoms. The number of hydrogen-bond donors (Lipinski definition) is 1. The van der Waals surface area contributed by atoms with E-state index in [1.54, 1.807) is 42.5 Å². The van der Waals surface area contributed by atoms with Crippen LogP contribution in [0.3, 0.4) is 0 Å². The van der Waals surface area contributed by atoms with Gasteiger partial charge in [-0.15, -0.1) is 0 Å². The maximum absolute atomic E-state index is 13.6. The van der Waals surface area contributed by atoms with E-state index < -0.39 is 17.7 Å². The molecule has 0 radical (unpaired) electrons. The number of aliphatic hydroxyl groups is 1. The van der Waals surface area contributed by atoms with Crippen LogP contribution < -0.4 is 19.1 Å². The van der Waals surface area contributed by atoms with Crippen LogP contribution in [0.15, 0.2) is 72.3 Å². The number of Topliss-reactive ketones (excluding diaryl/α,β-unsaturated/α-hetero) is 1. The Kier molecular flexibility index (Phi) is 7.49. The van der Waals surface area contributed by atoms with E-state index in [1.807, 2.05) is 31.2 Å². The van der Waals surface area contributed by atoms with Crippen LogP contribution in [0.4, 0.5) is 5.69 Å². The van der Waals surface area contributed by atoms with Crippen LogP contribution >= 0.6 is 0 Å². The monoisotopic (exact) mass is 515 g/mol. The van der Waals surface area contributed by atoms with Gasteiger partial charge in [0, 0.05) is 11.8 Å². The highest BCUT2D eigenvalue weighted by Crippen LogP contribution is 2.44. The third-order valence-corrected chi connectivity index (χ3v) is 6.61. The maximum atomic E-state index is 13.6. The first kappa shape index (κ1) is 26.8. The predicted molar refractivity (Wildman–Crippen MR) is 147 cm³/mol. The Balaban J connectivity index is 1.96. The zero-order chi connectivity index (χ0) is 27.6. The smallest absolute Gasteiger partial charge is 0.300 e. The number of benzene rings is 3. The molecule has 1 aliphatic heterocycles. The summed E-state index contributed by atoms with van der Waals surface area (Å²) in [4.78, 5) is 28.5. The Morgan fingerprint density at radius 1 is 0.921 bits per heavy atom. The molecule has 38 heavy (non-hydrogen) atoms. The number of carbonyl (C=O) groups excluding carboxylic acids is 2. The number of hydrogen-bond acceptors (Lipinski definition) is 6. The highest BCUT2D eigenvalue weighted by molar-refractivity contribution is 6.51. The quantitative estimate of drug-likeness (QED) is 0.235. The SMILES string of the molecule is CCOc1cccc(N2C(=O)C(=O)/C(=C(/O)c3cc(OC)ccc3OC)C2c2ccc(C(C)(C)C)cc2)c1. The lowest BCUT2D eigenvalue weighted by molar-refractivity contribution is -0.132. The molecule has 1 aliphatic rings. The summed E-state index contributed by atoms with van der Waals surface area (Å²) in [7, 11) is 2.98. The zero-order valence-electron chi connectivity index (χ0n) is 22.6. The van der Waals surface area contributed by atoms with Gasteiger partial charge in [0.05, 0.1) is 38.0 Å². The van der Waals surface area contributed by atoms with Crippen molar-refractivity contribution >= 4 is 23.1 Å². The van der Waals surface area contributed by atoms with E-state index in [4.69, 9.17) is 14.2 Å². The van der Waals surface area contributed by atoms with Crippen LogP contribution in [-0.2, 0) is 15.0 Å². The minimum absolute atomic E-state index is 0.0353. The van der Waals surface area contributed by atoms with E-state index in [0.29, 0.717) is 35.1 Å². The first-order chi connectivity index (χ1) is 18.1. The molecule has 4 rings (SSSR count). The van der Waals surface area contributed by atoms with Gasteiger partial charge in [0.2, 0.25) is 0 Å². The normalized spacial score (nSPS) is 17.0. The average Bonchev–Trinajstić information content (AvgIpc) is 3.18. The van der Waals surface area contributed by atoms with Crippen LogP contribution in [0, 0.1) is 0 Å². The number of carbonyl (C=O) groups is 2. The fraction of sp³-hybridized carbons (Fsp3) is 0.290. The summed E-state index contributed by atoms with van der Waals surface area (Å²) in [5.41, 5.74) is 2.41. The number of methoxy groups -OCH3 is 2. The van der Waals surface area contributed by atoms with Gasteiger partial charge in [-0.3, -0.25) is 14.5 Å². The molecule has 1 fully saturated rings. The summed E-state index contributed by atoms with van der Waals surface area (Å²) in [6.45, 7) is 8.67. The summed E-state index contributed by atoms with van der Waals surface area (Å²) < 4.78 is 16.4. The molecule has 1 saturated heterocycles. The van der Waals surface area contributed by atoms with E-state index >= 15 is 0 Å². The molecular weight excluding hydrogens is 482 g/mol. The van der Waals surface area contributed by atoms with Gasteiger partial charge in [-0.05, 0) is 53.8 Å². The Morgan fingerprint density at radius 2 is 1.63 bits per heavy atom. The first-order valence-electron chi connectivity index (χ1n) is 12.5. The Labute approximate surface area is 223 Å². The van der Waals surface area contributed by atoms with Crippen molar-refractivity contribution in [3.05, 3.63) is 89.0 Å². The predicted octanol–water partition coefficient (Wildman–Crippen LogP) is 6.03. The number of ketones is 1. The van der Waals surface area contributed by atoms with Crippen LogP contribution in [0.2, 0.25) is 0 Å². The Bertz CT molecular complexity index is 1380. The van der Waals surface area contributed by atoms with Gasteiger partial charge in [-0.2, -0.15) is 0 Å². The number of aliphatic hydroxyl groups excluding tert-OH is 1. The van der Waals surface area contributed by atoms with Crippen molar-refractivity contribution in [2.24, 2.45) is 0 Å². The third-order valence-electron chi connectivity index (χ3n) is 6.61. The van der Waals surface area contributed by atoms with Gasteiger partial charge >= 0.3 is 0 Å². The number of rotatable bonds is 7. The fourth-order valence-electron chi connectivity index (χ4n) is 4.61. The zero-order valence-corrected chi connectivity index (χ0v) is 22.6. The van der Waals surface area contributed by atoms with E-state index in [0.717, 1.165) is 5.56 Å². The Morgan fingerprint density at radius 3 is 2.24 bits per heavy atom. The number of nitrogens with zero attached hydrogens (tertiary/aromatic N) is 1. The summed E-state index contributed by atoms with van der Waals surface area (Å²) in [5.74, 6) is -0.492. The molecule has 1 unspecified atom stereocenters. The summed E-state index contributed by atoms with van der Waals surface area (Å²) in [6, 6.07) is 18.8. The highest BCUT2D eigenvalue weighted by Gasteiger charge is 2.47. The topological polar surface area (TPSA) is 85.3 Å². The maximum Gasteiger partial charge on any atom is 0.300 e. The van der Waals surface area contributed by atoms with Crippen molar-refractivity contribution in [2.75, 3.05) is 25.7 Å². The second-order valence-electron chi connectivity index (χ2n) is 10.0. The number of amides is 1. The largest absolute Gasteiger partial charge is 0.507 e. The second kappa shape index (κ2) is 10.6. The van der Waals surface area contributed by atoms with Crippen molar-refractivity contribution in [3.63, 3.8) is 0 Å². The van der Waals surface area contributed by atoms with Gasteiger partial charge in [0.25, 0.3) is 11.7 Å². The van der Waals surface area contributed by atoms with Gasteiger partial charge in [0.1, 0.15) is 23.0 Å². The second-order valence-corrected chi connectivity index (χ2v) is 10.0. The van der Waals surface area contributed by atoms with Crippen LogP contribution in [0.1, 0.15) is 50.4 Å². The van der Waals surface area contributed by atoms with Crippen molar-refractivity contribution in [1.29, 1.82) is 0 Å². The van der Waals surface area contributed by atoms with Crippen LogP contribution in [-0.4, -0.2) is 37.6 Å². The molecule has 198 valence electrons. The average molecular weight is 516 g/mol. The van der Waals surface area contributed by atoms with E-state index in [2.05, 4.69) is 20.8 Å². The molecule has 7 nitrogen and oxygen atoms in total. The van der Waals surface area contributed by atoms with Gasteiger partial charge < -0.3 is 19.3 Å². The van der Waals surface area contributed by atoms with Crippen molar-refractivity contribution < 1.29 is 28.9 Å². The van der Waals surface area contributed by atoms with Gasteiger partial charge in [0.15, 0.2) is 0 Å². The van der Waals surface area contributed by atoms with E-state index in [-0.39, 0.29) is 22.3 Å². The van der Waals surface area contributed by atoms with Crippen LogP contribution in [0.25, 0.3) is 5.76 Å². The molecule has 7 heteroatoms. The molecule has 1 atom stereocenters. The standard InChI is InChI=1S/C31H33NO6/c1-7-38-23-10-8-9-21(17-23)32-27(19-11-13-20(14-12-19)31(2,3)4)26(29(34)30(32)35)28(33)24-18-22(36-5)15-16-25(24)37-6/h8-18,27,33H,7H2,1-6H3/b28-26+. The molecule has 1 amide bonds. The molecule has 0 aliphatic carbocycles. The fourth-order valence-corrected chi connectivity index (χ4v) is 4.61. The lowest BCUT2D eigenvalue weighted by Gasteiger charge is -2.27. The van der Waals surface area contributed by atoms with E-state index in [1.165, 1.54) is 19.1 Å². The minimum atomic E-state index is -0.878. The summed E-state index contributed by atoms with van der Waals surface area (Å²) >= 11 is 0. The lowest BCUT2D eigenvalue weighted by atomic mass is 9.85. The summed E-state index contributed by atoms with van der Waals surface area (Å²) in [5, 5.41) is 11.6. The summed E-state index contributed by atoms with van der Waals surface area (Å²) in [6.07, 6.45) is 0. The molecule has 3 aromatic rings. The van der Waals surface area contributed by atoms with Crippen molar-refractivity contribution in [2.45, 2.75) is 39.2 Å². The molecule has 0 aromatic heterocycles. The minimum Gasteiger partial charge on any atom is -0.507 e. The van der Waals surface area contributed by atoms with Crippen molar-refractivity contribution in [3.8, 4) is 17.2 Å². The molecule has 1 N–H and O–H groups in total. The van der Waals surface area contributed by atoms with Gasteiger partial charge in [-0.25, -0.2) is 0 Å². The number of anilines is 1. The van der Waals surface area contributed by atoms with E-state index in [9.17, 15) is 14.7 Å². The Hall–Kier alpha value is -4.26.